The van der Waals surface area contributed by atoms with Gasteiger partial charge in [0.15, 0.2) is 5.78 Å². The molecule has 0 bridgehead atoms. The standard InChI is InChI=1S/C23H29FN2O3.ClH/c1-25-12-14-26(15-13-25)16-20(27)17-29-23-5-3-2-4-21(23)22(28)11-8-18-6-9-19(24)10-7-18;/h2-7,9-10,20,27H,8,11-17H2,1H3;1H. The van der Waals surface area contributed by atoms with Crippen LogP contribution in [0.3, 0.4) is 0 Å². The van der Waals surface area contributed by atoms with Crippen molar-refractivity contribution in [2.45, 2.75) is 18.9 Å². The molecule has 1 unspecified atom stereocenters. The van der Waals surface area contributed by atoms with Crippen molar-refractivity contribution < 1.29 is 19.0 Å². The molecule has 0 amide bonds. The van der Waals surface area contributed by atoms with Crippen molar-refractivity contribution in [3.8, 4) is 5.75 Å². The number of β-amino-alcohol motifs (C(OH)–C–C–N with tert-alkyl or cyclic N) is 1. The van der Waals surface area contributed by atoms with Gasteiger partial charge in [-0.05, 0) is 43.3 Å². The van der Waals surface area contributed by atoms with Crippen molar-refractivity contribution in [1.82, 2.24) is 9.80 Å². The average Bonchev–Trinajstić information content (AvgIpc) is 2.73. The van der Waals surface area contributed by atoms with Gasteiger partial charge in [-0.1, -0.05) is 24.3 Å². The Morgan fingerprint density at radius 3 is 2.47 bits per heavy atom. The van der Waals surface area contributed by atoms with Crippen molar-refractivity contribution in [3.05, 3.63) is 65.5 Å². The molecule has 0 radical (unpaired) electrons. The van der Waals surface area contributed by atoms with Gasteiger partial charge in [0.25, 0.3) is 0 Å². The van der Waals surface area contributed by atoms with E-state index >= 15 is 0 Å². The summed E-state index contributed by atoms with van der Waals surface area (Å²) in [6.07, 6.45) is 0.246. The molecule has 0 aromatic heterocycles. The number of carbonyl (C=O) groups is 1. The second-order valence-electron chi connectivity index (χ2n) is 7.61. The van der Waals surface area contributed by atoms with E-state index in [0.717, 1.165) is 31.7 Å². The molecule has 0 saturated carbocycles. The largest absolute Gasteiger partial charge is 0.490 e. The van der Waals surface area contributed by atoms with Crippen LogP contribution in [0, 0.1) is 5.82 Å². The van der Waals surface area contributed by atoms with Crippen molar-refractivity contribution >= 4 is 18.2 Å². The number of aryl methyl sites for hydroxylation is 1. The van der Waals surface area contributed by atoms with E-state index in [0.29, 0.717) is 30.7 Å². The van der Waals surface area contributed by atoms with Crippen molar-refractivity contribution in [3.63, 3.8) is 0 Å². The molecule has 0 aliphatic carbocycles. The number of hydrogen-bond donors (Lipinski definition) is 1. The first-order valence-corrected chi connectivity index (χ1v) is 10.1. The van der Waals surface area contributed by atoms with E-state index < -0.39 is 6.10 Å². The summed E-state index contributed by atoms with van der Waals surface area (Å²) in [7, 11) is 2.10. The lowest BCUT2D eigenvalue weighted by Crippen LogP contribution is -2.47. The minimum absolute atomic E-state index is 0. The van der Waals surface area contributed by atoms with Crippen LogP contribution in [0.15, 0.2) is 48.5 Å². The summed E-state index contributed by atoms with van der Waals surface area (Å²) in [5, 5.41) is 10.3. The van der Waals surface area contributed by atoms with Crippen LogP contribution in [0.4, 0.5) is 4.39 Å². The Balaban J connectivity index is 0.00000320. The number of carbonyl (C=O) groups excluding carboxylic acids is 1. The van der Waals surface area contributed by atoms with Crippen LogP contribution < -0.4 is 4.74 Å². The minimum atomic E-state index is -0.610. The number of benzene rings is 2. The van der Waals surface area contributed by atoms with E-state index in [2.05, 4.69) is 16.8 Å². The number of likely N-dealkylation sites (N-methyl/N-ethyl adjacent to an activating group) is 1. The molecule has 5 nitrogen and oxygen atoms in total. The van der Waals surface area contributed by atoms with Crippen LogP contribution in [0.2, 0.25) is 0 Å². The maximum absolute atomic E-state index is 13.0. The van der Waals surface area contributed by atoms with Gasteiger partial charge in [-0.25, -0.2) is 4.39 Å². The predicted octanol–water partition coefficient (Wildman–Crippen LogP) is 3.05. The van der Waals surface area contributed by atoms with Crippen molar-refractivity contribution in [2.75, 3.05) is 46.4 Å². The van der Waals surface area contributed by atoms with Gasteiger partial charge < -0.3 is 14.7 Å². The second kappa shape index (κ2) is 12.0. The first kappa shape index (κ1) is 24.3. The average molecular weight is 437 g/mol. The number of aliphatic hydroxyl groups is 1. The molecule has 1 saturated heterocycles. The molecule has 164 valence electrons. The van der Waals surface area contributed by atoms with E-state index in [4.69, 9.17) is 4.74 Å². The van der Waals surface area contributed by atoms with Crippen LogP contribution in [0.25, 0.3) is 0 Å². The van der Waals surface area contributed by atoms with Gasteiger partial charge in [-0.3, -0.25) is 9.69 Å². The number of Topliss-reactive ketones (excluding diaryl/α,β-unsaturated/α-hetero) is 1. The fourth-order valence-corrected chi connectivity index (χ4v) is 3.43. The molecule has 2 aromatic rings. The van der Waals surface area contributed by atoms with Gasteiger partial charge in [-0.2, -0.15) is 0 Å². The molecule has 1 heterocycles. The highest BCUT2D eigenvalue weighted by Crippen LogP contribution is 2.21. The van der Waals surface area contributed by atoms with E-state index in [-0.39, 0.29) is 30.6 Å². The highest BCUT2D eigenvalue weighted by atomic mass is 35.5. The molecule has 0 spiro atoms. The number of aliphatic hydroxyl groups excluding tert-OH is 1. The Kier molecular flexibility index (Phi) is 9.72. The topological polar surface area (TPSA) is 53.0 Å². The van der Waals surface area contributed by atoms with Crippen LogP contribution in [-0.4, -0.2) is 73.2 Å². The third-order valence-electron chi connectivity index (χ3n) is 5.24. The Labute approximate surface area is 183 Å². The zero-order valence-corrected chi connectivity index (χ0v) is 18.1. The van der Waals surface area contributed by atoms with Crippen LogP contribution >= 0.6 is 12.4 Å². The number of hydrogen-bond acceptors (Lipinski definition) is 5. The molecule has 7 heteroatoms. The molecule has 3 rings (SSSR count). The molecule has 2 aromatic carbocycles. The van der Waals surface area contributed by atoms with Gasteiger partial charge in [0.05, 0.1) is 5.56 Å². The fourth-order valence-electron chi connectivity index (χ4n) is 3.43. The number of rotatable bonds is 9. The lowest BCUT2D eigenvalue weighted by atomic mass is 10.0. The number of piperazine rings is 1. The molecule has 1 fully saturated rings. The first-order valence-electron chi connectivity index (χ1n) is 10.1. The molecule has 1 aliphatic heterocycles. The maximum atomic E-state index is 13.0. The van der Waals surface area contributed by atoms with Crippen LogP contribution in [-0.2, 0) is 6.42 Å². The minimum Gasteiger partial charge on any atom is -0.490 e. The summed E-state index contributed by atoms with van der Waals surface area (Å²) in [5.41, 5.74) is 1.43. The number of para-hydroxylation sites is 1. The number of halogens is 2. The summed E-state index contributed by atoms with van der Waals surface area (Å²) in [6.45, 7) is 4.58. The molecule has 1 N–H and O–H groups in total. The van der Waals surface area contributed by atoms with Crippen LogP contribution in [0.1, 0.15) is 22.3 Å². The maximum Gasteiger partial charge on any atom is 0.166 e. The van der Waals surface area contributed by atoms with E-state index in [1.807, 2.05) is 6.07 Å². The van der Waals surface area contributed by atoms with E-state index in [1.165, 1.54) is 12.1 Å². The lowest BCUT2D eigenvalue weighted by molar-refractivity contribution is 0.0501. The zero-order chi connectivity index (χ0) is 20.6. The van der Waals surface area contributed by atoms with E-state index in [9.17, 15) is 14.3 Å². The Morgan fingerprint density at radius 1 is 1.10 bits per heavy atom. The Bertz CT molecular complexity index is 795. The summed E-state index contributed by atoms with van der Waals surface area (Å²) in [5.74, 6) is 0.182. The normalized spacial score (nSPS) is 16.0. The quantitative estimate of drug-likeness (QED) is 0.612. The molecule has 1 atom stereocenters. The zero-order valence-electron chi connectivity index (χ0n) is 17.3. The van der Waals surface area contributed by atoms with E-state index in [1.54, 1.807) is 30.3 Å². The number of ether oxygens (including phenoxy) is 1. The molecule has 30 heavy (non-hydrogen) atoms. The number of ketones is 1. The lowest BCUT2D eigenvalue weighted by Gasteiger charge is -2.33. The molecule has 1 aliphatic rings. The highest BCUT2D eigenvalue weighted by molar-refractivity contribution is 5.98. The third-order valence-corrected chi connectivity index (χ3v) is 5.24. The number of nitrogens with zero attached hydrogens (tertiary/aromatic N) is 2. The smallest absolute Gasteiger partial charge is 0.166 e. The third kappa shape index (κ3) is 7.36. The van der Waals surface area contributed by atoms with Gasteiger partial charge in [-0.15, -0.1) is 12.4 Å². The fraction of sp³-hybridized carbons (Fsp3) is 0.435. The predicted molar refractivity (Wildman–Crippen MR) is 118 cm³/mol. The molecular weight excluding hydrogens is 407 g/mol. The first-order chi connectivity index (χ1) is 14.0. The van der Waals surface area contributed by atoms with Crippen LogP contribution in [0.5, 0.6) is 5.75 Å². The van der Waals surface area contributed by atoms with Crippen molar-refractivity contribution in [1.29, 1.82) is 0 Å². The van der Waals surface area contributed by atoms with Gasteiger partial charge in [0.2, 0.25) is 0 Å². The monoisotopic (exact) mass is 436 g/mol. The summed E-state index contributed by atoms with van der Waals surface area (Å²) in [6, 6.07) is 13.3. The Hall–Kier alpha value is -1.99. The molecular formula is C23H30ClFN2O3. The van der Waals surface area contributed by atoms with Gasteiger partial charge in [0, 0.05) is 39.1 Å². The van der Waals surface area contributed by atoms with Gasteiger partial charge >= 0.3 is 0 Å². The Morgan fingerprint density at radius 2 is 1.77 bits per heavy atom. The summed E-state index contributed by atoms with van der Waals surface area (Å²) < 4.78 is 18.8. The van der Waals surface area contributed by atoms with Crippen molar-refractivity contribution in [2.24, 2.45) is 0 Å². The summed E-state index contributed by atoms with van der Waals surface area (Å²) in [4.78, 5) is 17.2. The highest BCUT2D eigenvalue weighted by Gasteiger charge is 2.18. The second-order valence-corrected chi connectivity index (χ2v) is 7.61. The SMILES string of the molecule is CN1CCN(CC(O)COc2ccccc2C(=O)CCc2ccc(F)cc2)CC1.Cl. The van der Waals surface area contributed by atoms with Gasteiger partial charge in [0.1, 0.15) is 24.3 Å². The summed E-state index contributed by atoms with van der Waals surface area (Å²) >= 11 is 0.